The number of rotatable bonds is 5. The number of amides is 2. The quantitative estimate of drug-likeness (QED) is 0.811. The molecule has 138 valence electrons. The molecule has 0 saturated carbocycles. The van der Waals surface area contributed by atoms with Crippen molar-refractivity contribution in [3.05, 3.63) is 42.4 Å². The number of aromatic nitrogens is 3. The summed E-state index contributed by atoms with van der Waals surface area (Å²) in [6, 6.07) is 7.50. The summed E-state index contributed by atoms with van der Waals surface area (Å²) < 4.78 is 1.81. The minimum atomic E-state index is -0.201. The van der Waals surface area contributed by atoms with Crippen LogP contribution in [0.2, 0.25) is 0 Å². The third kappa shape index (κ3) is 4.24. The fourth-order valence-corrected chi connectivity index (χ4v) is 3.96. The number of pyridine rings is 1. The molecule has 1 saturated heterocycles. The molecule has 2 aromatic rings. The van der Waals surface area contributed by atoms with Crippen LogP contribution in [0.1, 0.15) is 36.3 Å². The zero-order chi connectivity index (χ0) is 18.5. The number of likely N-dealkylation sites (tertiary alicyclic amines) is 1. The Morgan fingerprint density at radius 1 is 1.35 bits per heavy atom. The molecule has 3 heterocycles. The average Bonchev–Trinajstić information content (AvgIpc) is 3.18. The van der Waals surface area contributed by atoms with Gasteiger partial charge in [0.2, 0.25) is 5.91 Å². The van der Waals surface area contributed by atoms with Gasteiger partial charge in [0, 0.05) is 32.5 Å². The zero-order valence-electron chi connectivity index (χ0n) is 15.0. The molecule has 2 amide bonds. The fraction of sp³-hybridized carbons (Fsp3) is 0.444. The van der Waals surface area contributed by atoms with Crippen LogP contribution in [0.5, 0.6) is 0 Å². The molecule has 2 atom stereocenters. The molecule has 0 aliphatic carbocycles. The molecule has 2 aromatic heterocycles. The van der Waals surface area contributed by atoms with E-state index in [9.17, 15) is 9.59 Å². The lowest BCUT2D eigenvalue weighted by molar-refractivity contribution is -0.132. The van der Waals surface area contributed by atoms with E-state index in [2.05, 4.69) is 15.4 Å². The van der Waals surface area contributed by atoms with Gasteiger partial charge in [0.15, 0.2) is 0 Å². The zero-order valence-corrected chi connectivity index (χ0v) is 15.8. The number of nitrogens with zero attached hydrogens (tertiary/aromatic N) is 4. The van der Waals surface area contributed by atoms with E-state index in [1.54, 1.807) is 24.0 Å². The topological polar surface area (TPSA) is 80.1 Å². The van der Waals surface area contributed by atoms with Gasteiger partial charge in [0.25, 0.3) is 5.91 Å². The number of piperidine rings is 1. The Labute approximate surface area is 157 Å². The SMILES string of the molecule is CNC(=O)c1ccn([C@@H]2CCCN(C(=O)[C@@H](C)Sc3ccccn3)C2)n1. The van der Waals surface area contributed by atoms with Crippen LogP contribution in [0.4, 0.5) is 0 Å². The molecule has 0 spiro atoms. The van der Waals surface area contributed by atoms with Crippen LogP contribution in [0.3, 0.4) is 0 Å². The van der Waals surface area contributed by atoms with Gasteiger partial charge in [-0.15, -0.1) is 0 Å². The largest absolute Gasteiger partial charge is 0.354 e. The Morgan fingerprint density at radius 3 is 2.92 bits per heavy atom. The summed E-state index contributed by atoms with van der Waals surface area (Å²) in [6.45, 7) is 3.29. The Balaban J connectivity index is 1.63. The van der Waals surface area contributed by atoms with Crippen molar-refractivity contribution in [1.82, 2.24) is 25.0 Å². The molecule has 1 N–H and O–H groups in total. The van der Waals surface area contributed by atoms with Gasteiger partial charge in [-0.05, 0) is 38.0 Å². The Bertz CT molecular complexity index is 764. The maximum Gasteiger partial charge on any atom is 0.271 e. The lowest BCUT2D eigenvalue weighted by Crippen LogP contribution is -2.44. The van der Waals surface area contributed by atoms with Gasteiger partial charge < -0.3 is 10.2 Å². The van der Waals surface area contributed by atoms with Crippen molar-refractivity contribution < 1.29 is 9.59 Å². The summed E-state index contributed by atoms with van der Waals surface area (Å²) in [4.78, 5) is 30.7. The Hall–Kier alpha value is -2.35. The predicted octanol–water partition coefficient (Wildman–Crippen LogP) is 1.98. The molecular weight excluding hydrogens is 350 g/mol. The van der Waals surface area contributed by atoms with Gasteiger partial charge in [-0.3, -0.25) is 14.3 Å². The van der Waals surface area contributed by atoms with Crippen LogP contribution in [0.15, 0.2) is 41.7 Å². The molecule has 3 rings (SSSR count). The lowest BCUT2D eigenvalue weighted by atomic mass is 10.1. The fourth-order valence-electron chi connectivity index (χ4n) is 3.07. The smallest absolute Gasteiger partial charge is 0.271 e. The highest BCUT2D eigenvalue weighted by molar-refractivity contribution is 8.00. The molecule has 0 radical (unpaired) electrons. The van der Waals surface area contributed by atoms with Crippen molar-refractivity contribution in [3.63, 3.8) is 0 Å². The first-order chi connectivity index (χ1) is 12.6. The van der Waals surface area contributed by atoms with Gasteiger partial charge in [-0.1, -0.05) is 17.8 Å². The first-order valence-corrected chi connectivity index (χ1v) is 9.60. The van der Waals surface area contributed by atoms with E-state index in [0.29, 0.717) is 12.2 Å². The summed E-state index contributed by atoms with van der Waals surface area (Å²) in [7, 11) is 1.59. The number of hydrogen-bond acceptors (Lipinski definition) is 5. The van der Waals surface area contributed by atoms with E-state index in [1.807, 2.05) is 36.2 Å². The molecule has 1 fully saturated rings. The summed E-state index contributed by atoms with van der Waals surface area (Å²) in [6.07, 6.45) is 5.42. The van der Waals surface area contributed by atoms with Gasteiger partial charge in [-0.25, -0.2) is 4.98 Å². The van der Waals surface area contributed by atoms with Crippen molar-refractivity contribution in [1.29, 1.82) is 0 Å². The van der Waals surface area contributed by atoms with Crippen LogP contribution in [0, 0.1) is 0 Å². The highest BCUT2D eigenvalue weighted by atomic mass is 32.2. The second-order valence-electron chi connectivity index (χ2n) is 6.27. The molecule has 1 aliphatic heterocycles. The van der Waals surface area contributed by atoms with E-state index in [1.165, 1.54) is 11.8 Å². The van der Waals surface area contributed by atoms with E-state index < -0.39 is 0 Å². The molecule has 0 bridgehead atoms. The normalized spacial score (nSPS) is 18.4. The molecule has 0 aromatic carbocycles. The Kier molecular flexibility index (Phi) is 5.92. The van der Waals surface area contributed by atoms with Gasteiger partial charge in [0.1, 0.15) is 5.69 Å². The number of thioether (sulfide) groups is 1. The van der Waals surface area contributed by atoms with Gasteiger partial charge in [-0.2, -0.15) is 5.10 Å². The lowest BCUT2D eigenvalue weighted by Gasteiger charge is -2.34. The van der Waals surface area contributed by atoms with Crippen LogP contribution in [0.25, 0.3) is 0 Å². The van der Waals surface area contributed by atoms with Gasteiger partial charge in [0.05, 0.1) is 16.3 Å². The molecule has 0 unspecified atom stereocenters. The number of nitrogens with one attached hydrogen (secondary N) is 1. The minimum absolute atomic E-state index is 0.0955. The highest BCUT2D eigenvalue weighted by Gasteiger charge is 2.29. The standard InChI is InChI=1S/C18H23N5O2S/c1-13(26-16-7-3-4-9-20-16)18(25)22-10-5-6-14(12-22)23-11-8-15(21-23)17(24)19-2/h3-4,7-9,11,13-14H,5-6,10,12H2,1-2H3,(H,19,24)/t13-,14-/m1/s1. The van der Waals surface area contributed by atoms with E-state index in [0.717, 1.165) is 24.4 Å². The Morgan fingerprint density at radius 2 is 2.19 bits per heavy atom. The monoisotopic (exact) mass is 373 g/mol. The van der Waals surface area contributed by atoms with E-state index in [4.69, 9.17) is 0 Å². The van der Waals surface area contributed by atoms with Gasteiger partial charge >= 0.3 is 0 Å². The van der Waals surface area contributed by atoms with E-state index in [-0.39, 0.29) is 23.1 Å². The second kappa shape index (κ2) is 8.35. The second-order valence-corrected chi connectivity index (χ2v) is 7.63. The molecule has 7 nitrogen and oxygen atoms in total. The molecule has 1 aliphatic rings. The van der Waals surface area contributed by atoms with Crippen LogP contribution in [-0.2, 0) is 4.79 Å². The van der Waals surface area contributed by atoms with Crippen LogP contribution in [-0.4, -0.2) is 56.9 Å². The summed E-state index contributed by atoms with van der Waals surface area (Å²) >= 11 is 1.48. The third-order valence-corrected chi connectivity index (χ3v) is 5.47. The summed E-state index contributed by atoms with van der Waals surface area (Å²) in [5, 5.41) is 7.60. The number of carbonyl (C=O) groups is 2. The van der Waals surface area contributed by atoms with Crippen molar-refractivity contribution in [3.8, 4) is 0 Å². The van der Waals surface area contributed by atoms with Crippen LogP contribution >= 0.6 is 11.8 Å². The van der Waals surface area contributed by atoms with Crippen molar-refractivity contribution in [2.45, 2.75) is 36.1 Å². The predicted molar refractivity (Wildman–Crippen MR) is 100 cm³/mol. The minimum Gasteiger partial charge on any atom is -0.354 e. The first kappa shape index (κ1) is 18.4. The molecule has 26 heavy (non-hydrogen) atoms. The average molecular weight is 373 g/mol. The third-order valence-electron chi connectivity index (χ3n) is 4.43. The van der Waals surface area contributed by atoms with Crippen molar-refractivity contribution in [2.24, 2.45) is 0 Å². The van der Waals surface area contributed by atoms with Crippen LogP contribution < -0.4 is 5.32 Å². The maximum atomic E-state index is 12.8. The van der Waals surface area contributed by atoms with Crippen molar-refractivity contribution >= 4 is 23.6 Å². The van der Waals surface area contributed by atoms with Crippen molar-refractivity contribution in [2.75, 3.05) is 20.1 Å². The molecular formula is C18H23N5O2S. The number of hydrogen-bond donors (Lipinski definition) is 1. The number of carbonyl (C=O) groups excluding carboxylic acids is 2. The van der Waals surface area contributed by atoms with E-state index >= 15 is 0 Å². The summed E-state index contributed by atoms with van der Waals surface area (Å²) in [5.41, 5.74) is 0.398. The maximum absolute atomic E-state index is 12.8. The summed E-state index contributed by atoms with van der Waals surface area (Å²) in [5.74, 6) is -0.0862. The first-order valence-electron chi connectivity index (χ1n) is 8.72. The highest BCUT2D eigenvalue weighted by Crippen LogP contribution is 2.26. The molecule has 8 heteroatoms.